The van der Waals surface area contributed by atoms with Crippen molar-refractivity contribution in [2.45, 2.75) is 6.92 Å². The number of hydrogen-bond donors (Lipinski definition) is 0. The number of hydrogen-bond acceptors (Lipinski definition) is 3. The molecule has 0 amide bonds. The van der Waals surface area contributed by atoms with E-state index in [1.54, 1.807) is 12.1 Å². The van der Waals surface area contributed by atoms with Crippen molar-refractivity contribution < 1.29 is 9.13 Å². The maximum Gasteiger partial charge on any atom is 0.278 e. The standard InChI is InChI=1S/C10H7BrFNOS/c1-6-5-15-10(13-6)14-7-2-3-9(12)8(11)4-7/h2-5H,1H3. The maximum absolute atomic E-state index is 12.9. The van der Waals surface area contributed by atoms with Crippen LogP contribution in [0.2, 0.25) is 0 Å². The van der Waals surface area contributed by atoms with Crippen LogP contribution in [0.15, 0.2) is 28.1 Å². The summed E-state index contributed by atoms with van der Waals surface area (Å²) in [6.07, 6.45) is 0. The van der Waals surface area contributed by atoms with Crippen LogP contribution in [-0.4, -0.2) is 4.98 Å². The Balaban J connectivity index is 2.21. The second kappa shape index (κ2) is 4.28. The van der Waals surface area contributed by atoms with E-state index < -0.39 is 0 Å². The molecular weight excluding hydrogens is 281 g/mol. The van der Waals surface area contributed by atoms with Gasteiger partial charge in [0.25, 0.3) is 5.19 Å². The van der Waals surface area contributed by atoms with Crippen molar-refractivity contribution in [2.75, 3.05) is 0 Å². The van der Waals surface area contributed by atoms with E-state index in [0.29, 0.717) is 15.4 Å². The van der Waals surface area contributed by atoms with Crippen molar-refractivity contribution in [2.24, 2.45) is 0 Å². The number of rotatable bonds is 2. The van der Waals surface area contributed by atoms with Gasteiger partial charge in [0.1, 0.15) is 11.6 Å². The SMILES string of the molecule is Cc1csc(Oc2ccc(F)c(Br)c2)n1. The molecule has 1 heterocycles. The quantitative estimate of drug-likeness (QED) is 0.828. The van der Waals surface area contributed by atoms with Gasteiger partial charge in [-0.3, -0.25) is 0 Å². The minimum absolute atomic E-state index is 0.308. The zero-order chi connectivity index (χ0) is 10.8. The summed E-state index contributed by atoms with van der Waals surface area (Å²) in [5, 5.41) is 2.46. The number of benzene rings is 1. The summed E-state index contributed by atoms with van der Waals surface area (Å²) in [7, 11) is 0. The van der Waals surface area contributed by atoms with Crippen molar-refractivity contribution in [3.63, 3.8) is 0 Å². The van der Waals surface area contributed by atoms with Crippen LogP contribution in [0.3, 0.4) is 0 Å². The van der Waals surface area contributed by atoms with Crippen molar-refractivity contribution in [3.8, 4) is 10.9 Å². The highest BCUT2D eigenvalue weighted by Gasteiger charge is 2.04. The van der Waals surface area contributed by atoms with Gasteiger partial charge in [0.05, 0.1) is 10.2 Å². The van der Waals surface area contributed by atoms with Crippen molar-refractivity contribution in [1.82, 2.24) is 4.98 Å². The number of aromatic nitrogens is 1. The lowest BCUT2D eigenvalue weighted by Gasteiger charge is -2.02. The number of aryl methyl sites for hydroxylation is 1. The van der Waals surface area contributed by atoms with Crippen LogP contribution in [0.1, 0.15) is 5.69 Å². The summed E-state index contributed by atoms with van der Waals surface area (Å²) in [6, 6.07) is 4.49. The van der Waals surface area contributed by atoms with Gasteiger partial charge >= 0.3 is 0 Å². The maximum atomic E-state index is 12.9. The molecule has 0 N–H and O–H groups in total. The van der Waals surface area contributed by atoms with Gasteiger partial charge in [-0.2, -0.15) is 0 Å². The van der Waals surface area contributed by atoms with Crippen LogP contribution >= 0.6 is 27.3 Å². The minimum Gasteiger partial charge on any atom is -0.431 e. The molecule has 0 atom stereocenters. The topological polar surface area (TPSA) is 22.1 Å². The lowest BCUT2D eigenvalue weighted by Crippen LogP contribution is -1.85. The van der Waals surface area contributed by atoms with Gasteiger partial charge in [0.15, 0.2) is 0 Å². The second-order valence-corrected chi connectivity index (χ2v) is 4.61. The average molecular weight is 288 g/mol. The predicted octanol–water partition coefficient (Wildman–Crippen LogP) is 4.15. The van der Waals surface area contributed by atoms with E-state index in [-0.39, 0.29) is 5.82 Å². The highest BCUT2D eigenvalue weighted by Crippen LogP contribution is 2.28. The fourth-order valence-corrected chi connectivity index (χ4v) is 2.04. The number of halogens is 2. The van der Waals surface area contributed by atoms with Crippen molar-refractivity contribution in [1.29, 1.82) is 0 Å². The third-order valence-corrected chi connectivity index (χ3v) is 3.14. The highest BCUT2D eigenvalue weighted by molar-refractivity contribution is 9.10. The van der Waals surface area contributed by atoms with Crippen molar-refractivity contribution in [3.05, 3.63) is 39.6 Å². The molecule has 0 spiro atoms. The Morgan fingerprint density at radius 3 is 2.87 bits per heavy atom. The van der Waals surface area contributed by atoms with Crippen LogP contribution < -0.4 is 4.74 Å². The summed E-state index contributed by atoms with van der Waals surface area (Å²) < 4.78 is 18.8. The Hall–Kier alpha value is -0.940. The summed E-state index contributed by atoms with van der Waals surface area (Å²) in [5.74, 6) is 0.260. The molecule has 0 radical (unpaired) electrons. The number of ether oxygens (including phenoxy) is 1. The monoisotopic (exact) mass is 287 g/mol. The molecule has 1 aromatic heterocycles. The smallest absolute Gasteiger partial charge is 0.278 e. The van der Waals surface area contributed by atoms with Crippen LogP contribution in [0.25, 0.3) is 0 Å². The molecule has 2 rings (SSSR count). The Morgan fingerprint density at radius 2 is 2.27 bits per heavy atom. The number of thiazole rings is 1. The normalized spacial score (nSPS) is 10.3. The molecule has 0 aliphatic rings. The fourth-order valence-electron chi connectivity index (χ4n) is 1.02. The predicted molar refractivity (Wildman–Crippen MR) is 61.0 cm³/mol. The number of nitrogens with zero attached hydrogens (tertiary/aromatic N) is 1. The molecule has 0 saturated carbocycles. The van der Waals surface area contributed by atoms with E-state index in [1.165, 1.54) is 17.4 Å². The van der Waals surface area contributed by atoms with Crippen molar-refractivity contribution >= 4 is 27.3 Å². The summed E-state index contributed by atoms with van der Waals surface area (Å²) >= 11 is 4.50. The van der Waals surface area contributed by atoms with E-state index in [4.69, 9.17) is 4.74 Å². The van der Waals surface area contributed by atoms with Gasteiger partial charge in [-0.1, -0.05) is 11.3 Å². The zero-order valence-corrected chi connectivity index (χ0v) is 10.2. The molecule has 2 nitrogen and oxygen atoms in total. The molecule has 0 unspecified atom stereocenters. The van der Waals surface area contributed by atoms with E-state index in [1.807, 2.05) is 12.3 Å². The third-order valence-electron chi connectivity index (χ3n) is 1.69. The third kappa shape index (κ3) is 2.54. The Bertz CT molecular complexity index is 486. The van der Waals surface area contributed by atoms with Gasteiger partial charge in [-0.25, -0.2) is 9.37 Å². The molecule has 0 bridgehead atoms. The molecule has 78 valence electrons. The Kier molecular flexibility index (Phi) is 3.02. The first-order valence-electron chi connectivity index (χ1n) is 4.20. The van der Waals surface area contributed by atoms with Crippen LogP contribution in [-0.2, 0) is 0 Å². The van der Waals surface area contributed by atoms with Crippen LogP contribution in [0, 0.1) is 12.7 Å². The highest BCUT2D eigenvalue weighted by atomic mass is 79.9. The molecule has 15 heavy (non-hydrogen) atoms. The van der Waals surface area contributed by atoms with Crippen LogP contribution in [0.5, 0.6) is 10.9 Å². The summed E-state index contributed by atoms with van der Waals surface area (Å²) in [6.45, 7) is 1.89. The molecule has 0 saturated heterocycles. The Morgan fingerprint density at radius 1 is 1.47 bits per heavy atom. The summed E-state index contributed by atoms with van der Waals surface area (Å²) in [5.41, 5.74) is 0.913. The first kappa shape index (κ1) is 10.6. The van der Waals surface area contributed by atoms with Gasteiger partial charge in [0.2, 0.25) is 0 Å². The lowest BCUT2D eigenvalue weighted by atomic mass is 10.3. The van der Waals surface area contributed by atoms with Crippen LogP contribution in [0.4, 0.5) is 4.39 Å². The molecular formula is C10H7BrFNOS. The van der Waals surface area contributed by atoms with Gasteiger partial charge in [-0.05, 0) is 41.1 Å². The molecule has 5 heteroatoms. The lowest BCUT2D eigenvalue weighted by molar-refractivity contribution is 0.475. The Labute approximate surface area is 98.9 Å². The van der Waals surface area contributed by atoms with Gasteiger partial charge in [-0.15, -0.1) is 0 Å². The molecule has 2 aromatic rings. The largest absolute Gasteiger partial charge is 0.431 e. The summed E-state index contributed by atoms with van der Waals surface area (Å²) in [4.78, 5) is 4.15. The zero-order valence-electron chi connectivity index (χ0n) is 7.83. The first-order valence-corrected chi connectivity index (χ1v) is 5.87. The molecule has 0 aliphatic heterocycles. The van der Waals surface area contributed by atoms with E-state index in [0.717, 1.165) is 5.69 Å². The molecule has 0 fully saturated rings. The van der Waals surface area contributed by atoms with Gasteiger partial charge < -0.3 is 4.74 Å². The van der Waals surface area contributed by atoms with Gasteiger partial charge in [0, 0.05) is 5.38 Å². The van der Waals surface area contributed by atoms with E-state index in [2.05, 4.69) is 20.9 Å². The first-order chi connectivity index (χ1) is 7.15. The average Bonchev–Trinajstić information content (AvgIpc) is 2.58. The second-order valence-electron chi connectivity index (χ2n) is 2.93. The molecule has 0 aliphatic carbocycles. The fraction of sp³-hybridized carbons (Fsp3) is 0.100. The van der Waals surface area contributed by atoms with E-state index >= 15 is 0 Å². The minimum atomic E-state index is -0.308. The molecule has 1 aromatic carbocycles. The van der Waals surface area contributed by atoms with E-state index in [9.17, 15) is 4.39 Å².